The number of rotatable bonds is 5. The first-order chi connectivity index (χ1) is 11.1. The first-order valence-corrected chi connectivity index (χ1v) is 7.16. The number of ether oxygens (including phenoxy) is 3. The minimum atomic E-state index is -0.874. The number of nitrogens with one attached hydrogen (secondary N) is 1. The molecular formula is C14H16N2O7. The fourth-order valence-electron chi connectivity index (χ4n) is 2.68. The van der Waals surface area contributed by atoms with Crippen molar-refractivity contribution in [2.24, 2.45) is 0 Å². The standard InChI is InChI=1S/C14H16N2O7/c17-14(15-6-9-4-2-1-3-5-9)22-10-7-20-13-11(23-16(18)19)8-21-12(10)13/h1-5,10-13H,6-8H2,(H,15,17)/t10-,11+,12+,13+/m0/s1. The van der Waals surface area contributed by atoms with E-state index in [1.807, 2.05) is 30.3 Å². The maximum Gasteiger partial charge on any atom is 0.407 e. The number of hydrogen-bond acceptors (Lipinski definition) is 7. The third-order valence-electron chi connectivity index (χ3n) is 3.72. The van der Waals surface area contributed by atoms with Gasteiger partial charge in [0.05, 0.1) is 13.2 Å². The summed E-state index contributed by atoms with van der Waals surface area (Å²) in [7, 11) is 0. The van der Waals surface area contributed by atoms with Gasteiger partial charge in [-0.2, -0.15) is 0 Å². The third-order valence-corrected chi connectivity index (χ3v) is 3.72. The zero-order chi connectivity index (χ0) is 16.2. The van der Waals surface area contributed by atoms with E-state index in [-0.39, 0.29) is 13.2 Å². The Bertz CT molecular complexity index is 568. The highest BCUT2D eigenvalue weighted by molar-refractivity contribution is 5.67. The lowest BCUT2D eigenvalue weighted by atomic mass is 10.1. The molecule has 2 aliphatic heterocycles. The normalized spacial score (nSPS) is 28.9. The Morgan fingerprint density at radius 3 is 2.57 bits per heavy atom. The topological polar surface area (TPSA) is 109 Å². The van der Waals surface area contributed by atoms with Crippen LogP contribution >= 0.6 is 0 Å². The average molecular weight is 324 g/mol. The van der Waals surface area contributed by atoms with E-state index in [1.165, 1.54) is 0 Å². The van der Waals surface area contributed by atoms with Crippen LogP contribution in [0.2, 0.25) is 0 Å². The number of amides is 1. The number of carbonyl (C=O) groups is 1. The minimum absolute atomic E-state index is 0.0296. The van der Waals surface area contributed by atoms with E-state index in [2.05, 4.69) is 10.2 Å². The molecule has 9 nitrogen and oxygen atoms in total. The van der Waals surface area contributed by atoms with E-state index < -0.39 is 35.6 Å². The summed E-state index contributed by atoms with van der Waals surface area (Å²) >= 11 is 0. The van der Waals surface area contributed by atoms with Crippen molar-refractivity contribution < 1.29 is 28.9 Å². The molecule has 23 heavy (non-hydrogen) atoms. The van der Waals surface area contributed by atoms with E-state index in [4.69, 9.17) is 14.2 Å². The minimum Gasteiger partial charge on any atom is -0.441 e. The van der Waals surface area contributed by atoms with E-state index in [0.717, 1.165) is 5.56 Å². The van der Waals surface area contributed by atoms with Crippen LogP contribution in [-0.4, -0.2) is 48.8 Å². The molecule has 1 N–H and O–H groups in total. The molecule has 2 fully saturated rings. The lowest BCUT2D eigenvalue weighted by molar-refractivity contribution is -0.769. The number of nitrogens with zero attached hydrogens (tertiary/aromatic N) is 1. The van der Waals surface area contributed by atoms with Gasteiger partial charge in [0.1, 0.15) is 12.2 Å². The monoisotopic (exact) mass is 324 g/mol. The van der Waals surface area contributed by atoms with Crippen molar-refractivity contribution in [1.82, 2.24) is 5.32 Å². The molecule has 0 spiro atoms. The van der Waals surface area contributed by atoms with E-state index in [9.17, 15) is 14.9 Å². The number of alkyl carbamates (subject to hydrolysis) is 1. The molecule has 0 radical (unpaired) electrons. The molecule has 1 amide bonds. The Hall–Kier alpha value is -2.39. The summed E-state index contributed by atoms with van der Waals surface area (Å²) in [5.41, 5.74) is 0.946. The van der Waals surface area contributed by atoms with Crippen molar-refractivity contribution in [2.45, 2.75) is 31.0 Å². The van der Waals surface area contributed by atoms with Crippen LogP contribution in [0.25, 0.3) is 0 Å². The Morgan fingerprint density at radius 1 is 1.22 bits per heavy atom. The van der Waals surface area contributed by atoms with Crippen molar-refractivity contribution >= 4 is 6.09 Å². The average Bonchev–Trinajstić information content (AvgIpc) is 3.10. The van der Waals surface area contributed by atoms with Gasteiger partial charge in [-0.25, -0.2) is 4.79 Å². The summed E-state index contributed by atoms with van der Waals surface area (Å²) in [5.74, 6) is 0. The summed E-state index contributed by atoms with van der Waals surface area (Å²) in [4.78, 5) is 26.7. The number of hydrogen-bond donors (Lipinski definition) is 1. The Labute approximate surface area is 131 Å². The highest BCUT2D eigenvalue weighted by Crippen LogP contribution is 2.30. The Morgan fingerprint density at radius 2 is 1.87 bits per heavy atom. The second-order valence-electron chi connectivity index (χ2n) is 5.25. The SMILES string of the molecule is O=C(NCc1ccccc1)O[C@H]1CO[C@H]2[C@@H]1OC[C@H]2O[N+](=O)[O-]. The van der Waals surface area contributed by atoms with Gasteiger partial charge in [-0.15, -0.1) is 10.1 Å². The molecular weight excluding hydrogens is 308 g/mol. The van der Waals surface area contributed by atoms with Gasteiger partial charge >= 0.3 is 6.09 Å². The fraction of sp³-hybridized carbons (Fsp3) is 0.500. The van der Waals surface area contributed by atoms with Crippen LogP contribution in [-0.2, 0) is 25.6 Å². The van der Waals surface area contributed by atoms with Crippen molar-refractivity contribution in [2.75, 3.05) is 13.2 Å². The molecule has 0 saturated carbocycles. The van der Waals surface area contributed by atoms with Gasteiger partial charge in [0, 0.05) is 6.54 Å². The molecule has 4 atom stereocenters. The summed E-state index contributed by atoms with van der Waals surface area (Å²) in [6.07, 6.45) is -3.16. The van der Waals surface area contributed by atoms with Crippen LogP contribution in [0.15, 0.2) is 30.3 Å². The van der Waals surface area contributed by atoms with Crippen LogP contribution in [0.3, 0.4) is 0 Å². The van der Waals surface area contributed by atoms with Crippen LogP contribution < -0.4 is 5.32 Å². The van der Waals surface area contributed by atoms with Crippen LogP contribution in [0.4, 0.5) is 4.79 Å². The molecule has 1 aromatic carbocycles. The second-order valence-corrected chi connectivity index (χ2v) is 5.25. The number of fused-ring (bicyclic) bond motifs is 1. The Kier molecular flexibility index (Phi) is 4.58. The predicted octanol–water partition coefficient (Wildman–Crippen LogP) is 0.656. The van der Waals surface area contributed by atoms with Gasteiger partial charge in [0.15, 0.2) is 12.2 Å². The summed E-state index contributed by atoms with van der Waals surface area (Å²) in [6.45, 7) is 0.489. The van der Waals surface area contributed by atoms with Crippen molar-refractivity contribution in [3.63, 3.8) is 0 Å². The van der Waals surface area contributed by atoms with Gasteiger partial charge in [0.25, 0.3) is 5.09 Å². The highest BCUT2D eigenvalue weighted by atomic mass is 17.0. The molecule has 2 heterocycles. The zero-order valence-electron chi connectivity index (χ0n) is 12.1. The summed E-state index contributed by atoms with van der Waals surface area (Å²) in [5, 5.41) is 12.2. The van der Waals surface area contributed by atoms with E-state index >= 15 is 0 Å². The molecule has 0 aromatic heterocycles. The smallest absolute Gasteiger partial charge is 0.407 e. The van der Waals surface area contributed by atoms with Gasteiger partial charge < -0.3 is 24.4 Å². The number of carbonyl (C=O) groups excluding carboxylic acids is 1. The Balaban J connectivity index is 1.47. The molecule has 0 aliphatic carbocycles. The fourth-order valence-corrected chi connectivity index (χ4v) is 2.68. The quantitative estimate of drug-likeness (QED) is 0.625. The third kappa shape index (κ3) is 3.69. The molecule has 1 aromatic rings. The van der Waals surface area contributed by atoms with Gasteiger partial charge in [-0.05, 0) is 5.56 Å². The van der Waals surface area contributed by atoms with Crippen molar-refractivity contribution in [3.8, 4) is 0 Å². The van der Waals surface area contributed by atoms with E-state index in [0.29, 0.717) is 6.54 Å². The molecule has 2 aliphatic rings. The zero-order valence-corrected chi connectivity index (χ0v) is 12.1. The predicted molar refractivity (Wildman–Crippen MR) is 74.9 cm³/mol. The largest absolute Gasteiger partial charge is 0.441 e. The van der Waals surface area contributed by atoms with Crippen LogP contribution in [0.5, 0.6) is 0 Å². The first kappa shape index (κ1) is 15.5. The molecule has 0 bridgehead atoms. The summed E-state index contributed by atoms with van der Waals surface area (Å²) < 4.78 is 16.1. The van der Waals surface area contributed by atoms with Gasteiger partial charge in [-0.1, -0.05) is 30.3 Å². The van der Waals surface area contributed by atoms with Crippen LogP contribution in [0.1, 0.15) is 5.56 Å². The van der Waals surface area contributed by atoms with E-state index in [1.54, 1.807) is 0 Å². The molecule has 9 heteroatoms. The lowest BCUT2D eigenvalue weighted by Gasteiger charge is -2.17. The number of benzene rings is 1. The molecule has 124 valence electrons. The van der Waals surface area contributed by atoms with Crippen molar-refractivity contribution in [3.05, 3.63) is 46.0 Å². The first-order valence-electron chi connectivity index (χ1n) is 7.16. The molecule has 0 unspecified atom stereocenters. The lowest BCUT2D eigenvalue weighted by Crippen LogP contribution is -2.38. The van der Waals surface area contributed by atoms with Crippen LogP contribution in [0, 0.1) is 10.1 Å². The van der Waals surface area contributed by atoms with Gasteiger partial charge in [-0.3, -0.25) is 0 Å². The summed E-state index contributed by atoms with van der Waals surface area (Å²) in [6, 6.07) is 9.40. The molecule has 3 rings (SSSR count). The second kappa shape index (κ2) is 6.80. The van der Waals surface area contributed by atoms with Gasteiger partial charge in [0.2, 0.25) is 0 Å². The highest BCUT2D eigenvalue weighted by Gasteiger charge is 2.51. The van der Waals surface area contributed by atoms with Crippen molar-refractivity contribution in [1.29, 1.82) is 0 Å². The maximum absolute atomic E-state index is 11.8. The molecule has 2 saturated heterocycles. The maximum atomic E-state index is 11.8.